The van der Waals surface area contributed by atoms with Crippen LogP contribution in [0.25, 0.3) is 0 Å². The molecule has 0 radical (unpaired) electrons. The van der Waals surface area contributed by atoms with Crippen molar-refractivity contribution in [2.75, 3.05) is 6.61 Å². The van der Waals surface area contributed by atoms with E-state index in [0.717, 1.165) is 37.0 Å². The summed E-state index contributed by atoms with van der Waals surface area (Å²) in [4.78, 5) is 16.2. The molecule has 1 amide bonds. The Kier molecular flexibility index (Phi) is 7.52. The molecule has 1 fully saturated rings. The average Bonchev–Trinajstić information content (AvgIpc) is 3.38. The van der Waals surface area contributed by atoms with E-state index in [1.165, 1.54) is 17.7 Å². The van der Waals surface area contributed by atoms with Gasteiger partial charge in [-0.2, -0.15) is 0 Å². The fourth-order valence-corrected chi connectivity index (χ4v) is 4.35. The molecule has 27 heavy (non-hydrogen) atoms. The van der Waals surface area contributed by atoms with Gasteiger partial charge in [-0.1, -0.05) is 37.1 Å². The number of thiophene rings is 1. The maximum atomic E-state index is 12.7. The van der Waals surface area contributed by atoms with Crippen LogP contribution in [-0.4, -0.2) is 23.5 Å². The lowest BCUT2D eigenvalue weighted by Crippen LogP contribution is -2.38. The highest BCUT2D eigenvalue weighted by Gasteiger charge is 2.26. The van der Waals surface area contributed by atoms with Crippen molar-refractivity contribution >= 4 is 17.2 Å². The van der Waals surface area contributed by atoms with Gasteiger partial charge in [0.2, 0.25) is 5.91 Å². The summed E-state index contributed by atoms with van der Waals surface area (Å²) in [7, 11) is 0. The Morgan fingerprint density at radius 2 is 2.11 bits per heavy atom. The van der Waals surface area contributed by atoms with Gasteiger partial charge in [0.25, 0.3) is 0 Å². The van der Waals surface area contributed by atoms with Crippen LogP contribution in [0.3, 0.4) is 0 Å². The van der Waals surface area contributed by atoms with E-state index < -0.39 is 0 Å². The average molecular weight is 384 g/mol. The first-order valence-electron chi connectivity index (χ1n) is 9.91. The molecule has 0 spiro atoms. The highest BCUT2D eigenvalue weighted by Crippen LogP contribution is 2.26. The van der Waals surface area contributed by atoms with Crippen molar-refractivity contribution in [2.45, 2.75) is 57.5 Å². The molecular formula is C23H29NO2S. The molecule has 1 aromatic heterocycles. The quantitative estimate of drug-likeness (QED) is 0.499. The number of benzene rings is 1. The molecule has 0 aliphatic heterocycles. The minimum atomic E-state index is 0.241. The highest BCUT2D eigenvalue weighted by molar-refractivity contribution is 7.09. The standard InChI is InChI=1S/C23H29NO2S/c1-2-3-13-23(25)24(20-9-4-5-10-20)18-19-8-6-11-21(17-19)26-15-14-22-12-7-16-27-22/h2,6-8,11-12,16-17,20H,1,3-5,9-10,13-15,18H2. The zero-order valence-corrected chi connectivity index (χ0v) is 16.8. The van der Waals surface area contributed by atoms with Gasteiger partial charge in [0.1, 0.15) is 5.75 Å². The molecule has 3 nitrogen and oxygen atoms in total. The van der Waals surface area contributed by atoms with Gasteiger partial charge in [-0.25, -0.2) is 0 Å². The largest absolute Gasteiger partial charge is 0.493 e. The van der Waals surface area contributed by atoms with Crippen molar-refractivity contribution in [2.24, 2.45) is 0 Å². The van der Waals surface area contributed by atoms with E-state index in [4.69, 9.17) is 4.74 Å². The van der Waals surface area contributed by atoms with E-state index in [1.807, 2.05) is 18.2 Å². The minimum Gasteiger partial charge on any atom is -0.493 e. The van der Waals surface area contributed by atoms with Crippen LogP contribution in [0.1, 0.15) is 49.0 Å². The Morgan fingerprint density at radius 1 is 1.26 bits per heavy atom. The van der Waals surface area contributed by atoms with Crippen LogP contribution < -0.4 is 4.74 Å². The van der Waals surface area contributed by atoms with Crippen molar-refractivity contribution in [1.29, 1.82) is 0 Å². The summed E-state index contributed by atoms with van der Waals surface area (Å²) >= 11 is 1.76. The van der Waals surface area contributed by atoms with Gasteiger partial charge in [-0.3, -0.25) is 4.79 Å². The summed E-state index contributed by atoms with van der Waals surface area (Å²) in [5.41, 5.74) is 1.14. The van der Waals surface area contributed by atoms with Crippen molar-refractivity contribution < 1.29 is 9.53 Å². The third kappa shape index (κ3) is 5.96. The fraction of sp³-hybridized carbons (Fsp3) is 0.435. The number of hydrogen-bond donors (Lipinski definition) is 0. The van der Waals surface area contributed by atoms with E-state index in [0.29, 0.717) is 25.6 Å². The predicted molar refractivity (Wildman–Crippen MR) is 112 cm³/mol. The first-order valence-corrected chi connectivity index (χ1v) is 10.8. The molecule has 2 aromatic rings. The molecule has 1 aliphatic carbocycles. The molecule has 1 heterocycles. The fourth-order valence-electron chi connectivity index (χ4n) is 3.66. The molecule has 1 aromatic carbocycles. The van der Waals surface area contributed by atoms with Crippen molar-refractivity contribution in [1.82, 2.24) is 4.90 Å². The SMILES string of the molecule is C=CCCC(=O)N(Cc1cccc(OCCc2cccs2)c1)C1CCCC1. The number of nitrogens with zero attached hydrogens (tertiary/aromatic N) is 1. The van der Waals surface area contributed by atoms with Crippen LogP contribution in [-0.2, 0) is 17.8 Å². The smallest absolute Gasteiger partial charge is 0.223 e. The predicted octanol–water partition coefficient (Wildman–Crippen LogP) is 5.61. The van der Waals surface area contributed by atoms with Gasteiger partial charge in [0, 0.05) is 30.3 Å². The topological polar surface area (TPSA) is 29.5 Å². The summed E-state index contributed by atoms with van der Waals surface area (Å²) in [6.45, 7) is 5.09. The molecule has 0 bridgehead atoms. The maximum absolute atomic E-state index is 12.7. The Labute approximate surface area is 166 Å². The number of carbonyl (C=O) groups excluding carboxylic acids is 1. The number of carbonyl (C=O) groups is 1. The lowest BCUT2D eigenvalue weighted by atomic mass is 10.1. The lowest BCUT2D eigenvalue weighted by molar-refractivity contribution is -0.134. The third-order valence-corrected chi connectivity index (χ3v) is 6.03. The van der Waals surface area contributed by atoms with Crippen LogP contribution in [0, 0.1) is 0 Å². The molecule has 4 heteroatoms. The number of rotatable bonds is 10. The summed E-state index contributed by atoms with van der Waals surface area (Å²) in [6, 6.07) is 12.8. The van der Waals surface area contributed by atoms with Gasteiger partial charge in [0.05, 0.1) is 6.61 Å². The summed E-state index contributed by atoms with van der Waals surface area (Å²) in [6.07, 6.45) is 8.74. The Hall–Kier alpha value is -2.07. The van der Waals surface area contributed by atoms with Crippen LogP contribution in [0.2, 0.25) is 0 Å². The van der Waals surface area contributed by atoms with E-state index in [1.54, 1.807) is 11.3 Å². The second-order valence-electron chi connectivity index (χ2n) is 7.11. The maximum Gasteiger partial charge on any atom is 0.223 e. The normalized spacial score (nSPS) is 14.2. The second-order valence-corrected chi connectivity index (χ2v) is 8.14. The van der Waals surface area contributed by atoms with Crippen molar-refractivity contribution in [3.63, 3.8) is 0 Å². The molecule has 1 saturated carbocycles. The first kappa shape index (κ1) is 19.7. The molecule has 0 atom stereocenters. The minimum absolute atomic E-state index is 0.241. The Morgan fingerprint density at radius 3 is 2.85 bits per heavy atom. The second kappa shape index (κ2) is 10.3. The molecule has 0 saturated heterocycles. The molecule has 0 N–H and O–H groups in total. The molecule has 144 valence electrons. The third-order valence-electron chi connectivity index (χ3n) is 5.10. The lowest BCUT2D eigenvalue weighted by Gasteiger charge is -2.29. The van der Waals surface area contributed by atoms with Crippen LogP contribution in [0.4, 0.5) is 0 Å². The van der Waals surface area contributed by atoms with Gasteiger partial charge >= 0.3 is 0 Å². The van der Waals surface area contributed by atoms with E-state index in [9.17, 15) is 4.79 Å². The zero-order valence-electron chi connectivity index (χ0n) is 15.9. The zero-order chi connectivity index (χ0) is 18.9. The Bertz CT molecular complexity index is 720. The molecule has 0 unspecified atom stereocenters. The monoisotopic (exact) mass is 383 g/mol. The van der Waals surface area contributed by atoms with E-state index in [-0.39, 0.29) is 5.91 Å². The highest BCUT2D eigenvalue weighted by atomic mass is 32.1. The summed E-state index contributed by atoms with van der Waals surface area (Å²) in [5.74, 6) is 1.12. The summed E-state index contributed by atoms with van der Waals surface area (Å²) < 4.78 is 5.94. The van der Waals surface area contributed by atoms with E-state index in [2.05, 4.69) is 41.1 Å². The molecular weight excluding hydrogens is 354 g/mol. The molecule has 1 aliphatic rings. The van der Waals surface area contributed by atoms with Gasteiger partial charge in [-0.15, -0.1) is 17.9 Å². The van der Waals surface area contributed by atoms with Crippen LogP contribution >= 0.6 is 11.3 Å². The van der Waals surface area contributed by atoms with E-state index >= 15 is 0 Å². The number of allylic oxidation sites excluding steroid dienone is 1. The van der Waals surface area contributed by atoms with Crippen molar-refractivity contribution in [3.05, 3.63) is 64.9 Å². The van der Waals surface area contributed by atoms with Crippen LogP contribution in [0.5, 0.6) is 5.75 Å². The number of hydrogen-bond acceptors (Lipinski definition) is 3. The number of amides is 1. The van der Waals surface area contributed by atoms with Crippen molar-refractivity contribution in [3.8, 4) is 5.75 Å². The molecule has 3 rings (SSSR count). The van der Waals surface area contributed by atoms with Gasteiger partial charge < -0.3 is 9.64 Å². The van der Waals surface area contributed by atoms with Gasteiger partial charge in [0.15, 0.2) is 0 Å². The number of ether oxygens (including phenoxy) is 1. The summed E-state index contributed by atoms with van der Waals surface area (Å²) in [5, 5.41) is 2.09. The van der Waals surface area contributed by atoms with Gasteiger partial charge in [-0.05, 0) is 48.4 Å². The Balaban J connectivity index is 1.60. The van der Waals surface area contributed by atoms with Crippen LogP contribution in [0.15, 0.2) is 54.4 Å². The first-order chi connectivity index (χ1) is 13.3.